The number of methoxy groups -OCH3 is 1. The van der Waals surface area contributed by atoms with Crippen LogP contribution in [0.5, 0.6) is 5.75 Å². The fraction of sp³-hybridized carbons (Fsp3) is 0.292. The van der Waals surface area contributed by atoms with Crippen molar-refractivity contribution in [3.05, 3.63) is 70.4 Å². The lowest BCUT2D eigenvalue weighted by molar-refractivity contribution is 0.0621. The summed E-state index contributed by atoms with van der Waals surface area (Å²) in [6.07, 6.45) is 1.90. The fourth-order valence-corrected chi connectivity index (χ4v) is 4.94. The first kappa shape index (κ1) is 20.7. The number of aryl methyl sites for hydroxylation is 1. The molecule has 4 aromatic rings. The summed E-state index contributed by atoms with van der Waals surface area (Å²) in [5.74, 6) is 0.896. The molecule has 1 aromatic carbocycles. The van der Waals surface area contributed by atoms with Gasteiger partial charge in [-0.15, -0.1) is 11.3 Å². The summed E-state index contributed by atoms with van der Waals surface area (Å²) in [5.41, 5.74) is 4.33. The van der Waals surface area contributed by atoms with Gasteiger partial charge in [0, 0.05) is 43.3 Å². The van der Waals surface area contributed by atoms with Crippen LogP contribution in [-0.2, 0) is 6.54 Å². The van der Waals surface area contributed by atoms with Crippen LogP contribution in [0.15, 0.2) is 54.0 Å². The third kappa shape index (κ3) is 3.99. The summed E-state index contributed by atoms with van der Waals surface area (Å²) in [6.45, 7) is 5.78. The van der Waals surface area contributed by atoms with E-state index in [2.05, 4.69) is 15.3 Å². The number of piperazine rings is 1. The van der Waals surface area contributed by atoms with Crippen molar-refractivity contribution in [2.75, 3.05) is 33.3 Å². The number of hydrogen-bond acceptors (Lipinski definition) is 6. The molecule has 0 atom stereocenters. The van der Waals surface area contributed by atoms with E-state index in [0.717, 1.165) is 53.0 Å². The number of carbonyl (C=O) groups is 1. The average Bonchev–Trinajstić information content (AvgIpc) is 3.42. The van der Waals surface area contributed by atoms with E-state index in [1.165, 1.54) is 0 Å². The van der Waals surface area contributed by atoms with Gasteiger partial charge in [-0.1, -0.05) is 6.07 Å². The zero-order valence-corrected chi connectivity index (χ0v) is 19.0. The summed E-state index contributed by atoms with van der Waals surface area (Å²) in [6, 6.07) is 13.8. The second kappa shape index (κ2) is 8.72. The SMILES string of the molecule is COc1ccc(-c2csc(CN3CCN(C(=O)c4c(C)nc5ccccn45)CC3)n2)cc1. The van der Waals surface area contributed by atoms with Gasteiger partial charge in [0.1, 0.15) is 22.1 Å². The van der Waals surface area contributed by atoms with Gasteiger partial charge in [0.15, 0.2) is 0 Å². The number of fused-ring (bicyclic) bond motifs is 1. The Bertz CT molecular complexity index is 1240. The van der Waals surface area contributed by atoms with Crippen molar-refractivity contribution >= 4 is 22.9 Å². The molecule has 7 nitrogen and oxygen atoms in total. The maximum absolute atomic E-state index is 13.2. The Morgan fingerprint density at radius 1 is 1.06 bits per heavy atom. The number of rotatable bonds is 5. The zero-order chi connectivity index (χ0) is 22.1. The molecule has 0 saturated carbocycles. The second-order valence-electron chi connectivity index (χ2n) is 7.90. The van der Waals surface area contributed by atoms with E-state index < -0.39 is 0 Å². The first-order valence-electron chi connectivity index (χ1n) is 10.7. The summed E-state index contributed by atoms with van der Waals surface area (Å²) in [4.78, 5) is 26.8. The van der Waals surface area contributed by atoms with Crippen LogP contribution >= 0.6 is 11.3 Å². The van der Waals surface area contributed by atoms with E-state index in [1.54, 1.807) is 18.4 Å². The Labute approximate surface area is 190 Å². The summed E-state index contributed by atoms with van der Waals surface area (Å²) < 4.78 is 7.12. The predicted molar refractivity (Wildman–Crippen MR) is 125 cm³/mol. The van der Waals surface area contributed by atoms with E-state index in [-0.39, 0.29) is 5.91 Å². The van der Waals surface area contributed by atoms with Gasteiger partial charge in [-0.25, -0.2) is 9.97 Å². The normalized spacial score (nSPS) is 14.8. The number of aromatic nitrogens is 3. The lowest BCUT2D eigenvalue weighted by Gasteiger charge is -2.34. The summed E-state index contributed by atoms with van der Waals surface area (Å²) in [5, 5.41) is 3.19. The van der Waals surface area contributed by atoms with Crippen molar-refractivity contribution < 1.29 is 9.53 Å². The molecular formula is C24H25N5O2S. The van der Waals surface area contributed by atoms with Crippen LogP contribution in [0.2, 0.25) is 0 Å². The maximum Gasteiger partial charge on any atom is 0.272 e. The van der Waals surface area contributed by atoms with Crippen LogP contribution in [0.1, 0.15) is 21.2 Å². The van der Waals surface area contributed by atoms with Crippen LogP contribution < -0.4 is 4.74 Å². The largest absolute Gasteiger partial charge is 0.497 e. The minimum absolute atomic E-state index is 0.0527. The molecule has 1 aliphatic rings. The number of hydrogen-bond donors (Lipinski definition) is 0. The zero-order valence-electron chi connectivity index (χ0n) is 18.2. The molecule has 5 rings (SSSR count). The quantitative estimate of drug-likeness (QED) is 0.467. The van der Waals surface area contributed by atoms with Gasteiger partial charge in [0.05, 0.1) is 25.0 Å². The number of thiazole rings is 1. The molecule has 1 fully saturated rings. The first-order valence-corrected chi connectivity index (χ1v) is 11.5. The molecule has 0 unspecified atom stereocenters. The third-order valence-corrected chi connectivity index (χ3v) is 6.70. The smallest absolute Gasteiger partial charge is 0.272 e. The topological polar surface area (TPSA) is 63.0 Å². The molecule has 3 aromatic heterocycles. The van der Waals surface area contributed by atoms with Crippen molar-refractivity contribution in [3.8, 4) is 17.0 Å². The van der Waals surface area contributed by atoms with Gasteiger partial charge < -0.3 is 9.64 Å². The number of nitrogens with zero attached hydrogens (tertiary/aromatic N) is 5. The lowest BCUT2D eigenvalue weighted by Crippen LogP contribution is -2.48. The van der Waals surface area contributed by atoms with E-state index in [9.17, 15) is 4.79 Å². The van der Waals surface area contributed by atoms with Crippen LogP contribution in [0, 0.1) is 6.92 Å². The number of carbonyl (C=O) groups excluding carboxylic acids is 1. The molecule has 8 heteroatoms. The number of amides is 1. The van der Waals surface area contributed by atoms with E-state index >= 15 is 0 Å². The Morgan fingerprint density at radius 2 is 1.84 bits per heavy atom. The minimum atomic E-state index is 0.0527. The Kier molecular flexibility index (Phi) is 5.63. The van der Waals surface area contributed by atoms with Crippen LogP contribution in [0.3, 0.4) is 0 Å². The van der Waals surface area contributed by atoms with E-state index in [1.807, 2.05) is 64.9 Å². The third-order valence-electron chi connectivity index (χ3n) is 5.86. The van der Waals surface area contributed by atoms with Crippen molar-refractivity contribution in [3.63, 3.8) is 0 Å². The van der Waals surface area contributed by atoms with E-state index in [4.69, 9.17) is 9.72 Å². The number of imidazole rings is 1. The van der Waals surface area contributed by atoms with Crippen molar-refractivity contribution in [2.24, 2.45) is 0 Å². The van der Waals surface area contributed by atoms with Crippen LogP contribution in [0.4, 0.5) is 0 Å². The molecule has 0 radical (unpaired) electrons. The van der Waals surface area contributed by atoms with Crippen LogP contribution in [-0.4, -0.2) is 63.4 Å². The van der Waals surface area contributed by atoms with Gasteiger partial charge in [0.25, 0.3) is 5.91 Å². The molecule has 0 bridgehead atoms. The van der Waals surface area contributed by atoms with Crippen LogP contribution in [0.25, 0.3) is 16.9 Å². The monoisotopic (exact) mass is 447 g/mol. The first-order chi connectivity index (χ1) is 15.6. The molecule has 1 saturated heterocycles. The van der Waals surface area contributed by atoms with Gasteiger partial charge in [-0.2, -0.15) is 0 Å². The molecule has 0 spiro atoms. The van der Waals surface area contributed by atoms with Gasteiger partial charge >= 0.3 is 0 Å². The minimum Gasteiger partial charge on any atom is -0.497 e. The van der Waals surface area contributed by atoms with Gasteiger partial charge in [-0.3, -0.25) is 14.1 Å². The molecule has 0 N–H and O–H groups in total. The Morgan fingerprint density at radius 3 is 2.59 bits per heavy atom. The Balaban J connectivity index is 1.21. The highest BCUT2D eigenvalue weighted by Crippen LogP contribution is 2.25. The molecule has 164 valence electrons. The maximum atomic E-state index is 13.2. The van der Waals surface area contributed by atoms with Crippen molar-refractivity contribution in [1.29, 1.82) is 0 Å². The molecule has 1 amide bonds. The molecular weight excluding hydrogens is 422 g/mol. The molecule has 32 heavy (non-hydrogen) atoms. The summed E-state index contributed by atoms with van der Waals surface area (Å²) >= 11 is 1.68. The number of pyridine rings is 1. The highest BCUT2D eigenvalue weighted by molar-refractivity contribution is 7.09. The summed E-state index contributed by atoms with van der Waals surface area (Å²) in [7, 11) is 1.67. The Hall–Kier alpha value is -3.23. The second-order valence-corrected chi connectivity index (χ2v) is 8.84. The molecule has 0 aliphatic carbocycles. The van der Waals surface area contributed by atoms with E-state index in [0.29, 0.717) is 18.8 Å². The van der Waals surface area contributed by atoms with Gasteiger partial charge in [-0.05, 0) is 43.3 Å². The highest BCUT2D eigenvalue weighted by Gasteiger charge is 2.26. The molecule has 4 heterocycles. The number of benzene rings is 1. The average molecular weight is 448 g/mol. The standard InChI is InChI=1S/C24H25N5O2S/c1-17-23(29-10-4-3-5-21(29)25-17)24(30)28-13-11-27(12-14-28)15-22-26-20(16-32-22)18-6-8-19(31-2)9-7-18/h3-10,16H,11-15H2,1-2H3. The lowest BCUT2D eigenvalue weighted by atomic mass is 10.2. The fourth-order valence-electron chi connectivity index (χ4n) is 4.10. The van der Waals surface area contributed by atoms with Crippen molar-refractivity contribution in [2.45, 2.75) is 13.5 Å². The van der Waals surface area contributed by atoms with Crippen molar-refractivity contribution in [1.82, 2.24) is 24.2 Å². The van der Waals surface area contributed by atoms with Gasteiger partial charge in [0.2, 0.25) is 0 Å². The predicted octanol–water partition coefficient (Wildman–Crippen LogP) is 3.73. The highest BCUT2D eigenvalue weighted by atomic mass is 32.1. The molecule has 1 aliphatic heterocycles. The number of ether oxygens (including phenoxy) is 1.